The molecule has 1 spiro atoms. The van der Waals surface area contributed by atoms with Crippen molar-refractivity contribution >= 4 is 50.6 Å². The van der Waals surface area contributed by atoms with Crippen LogP contribution in [0.25, 0.3) is 99.9 Å². The van der Waals surface area contributed by atoms with Crippen LogP contribution in [0.3, 0.4) is 0 Å². The Hall–Kier alpha value is -10.0. The maximum Gasteiger partial charge on any atom is 0.345 e. The van der Waals surface area contributed by atoms with E-state index < -0.39 is 0 Å². The molecule has 2 aliphatic heterocycles. The maximum atomic E-state index is 12.7. The topological polar surface area (TPSA) is 259 Å². The number of hydrogen-bond acceptors (Lipinski definition) is 13. The van der Waals surface area contributed by atoms with E-state index in [1.807, 2.05) is 73.7 Å². The molecule has 9 heterocycles. The van der Waals surface area contributed by atoms with Gasteiger partial charge in [-0.15, -0.1) is 0 Å². The zero-order valence-corrected chi connectivity index (χ0v) is 50.8. The van der Waals surface area contributed by atoms with Crippen LogP contribution < -0.4 is 15.9 Å². The lowest BCUT2D eigenvalue weighted by Gasteiger charge is -2.27. The molecule has 0 atom stereocenters. The van der Waals surface area contributed by atoms with Crippen molar-refractivity contribution in [2.45, 2.75) is 136 Å². The third-order valence-electron chi connectivity index (χ3n) is 18.9. The van der Waals surface area contributed by atoms with Crippen molar-refractivity contribution in [1.82, 2.24) is 60.7 Å². The zero-order chi connectivity index (χ0) is 60.9. The van der Waals surface area contributed by atoms with E-state index in [1.165, 1.54) is 44.1 Å². The number of hydrogen-bond donors (Lipinski definition) is 5. The van der Waals surface area contributed by atoms with E-state index in [0.29, 0.717) is 24.2 Å². The highest BCUT2D eigenvalue weighted by Gasteiger charge is 2.52. The Morgan fingerprint density at radius 2 is 0.978 bits per heavy atom. The number of carbonyl (C=O) groups is 2. The minimum atomic E-state index is -0.352. The summed E-state index contributed by atoms with van der Waals surface area (Å²) in [5.74, 6) is 7.32. The number of fused-ring (bicyclic) bond motifs is 6. The lowest BCUT2D eigenvalue weighted by atomic mass is 9.89. The molecule has 0 saturated heterocycles. The van der Waals surface area contributed by atoms with E-state index in [0.717, 1.165) is 193 Å². The highest BCUT2D eigenvalue weighted by atomic mass is 16.5. The number of nitrogens with one attached hydrogen (secondary N) is 5. The van der Waals surface area contributed by atoms with Crippen LogP contribution in [0.5, 0.6) is 0 Å². The van der Waals surface area contributed by atoms with Gasteiger partial charge in [0, 0.05) is 93.3 Å². The number of aromatic amines is 4. The highest BCUT2D eigenvalue weighted by molar-refractivity contribution is 6.05. The van der Waals surface area contributed by atoms with Gasteiger partial charge in [0.25, 0.3) is 5.91 Å². The molecule has 7 aromatic heterocycles. The molecule has 2 amide bonds. The average molecular weight is 1180 g/mol. The van der Waals surface area contributed by atoms with Crippen LogP contribution in [0.1, 0.15) is 155 Å². The second-order valence-electron chi connectivity index (χ2n) is 25.3. The van der Waals surface area contributed by atoms with Crippen LogP contribution in [0.15, 0.2) is 97.4 Å². The first kappa shape index (κ1) is 54.4. The zero-order valence-electron chi connectivity index (χ0n) is 50.8. The van der Waals surface area contributed by atoms with Crippen LogP contribution >= 0.6 is 0 Å². The lowest BCUT2D eigenvalue weighted by molar-refractivity contribution is -0.118. The summed E-state index contributed by atoms with van der Waals surface area (Å²) in [7, 11) is 1.86. The lowest BCUT2D eigenvalue weighted by Crippen LogP contribution is -2.31. The summed E-state index contributed by atoms with van der Waals surface area (Å²) < 4.78 is 16.3. The first-order valence-electron chi connectivity index (χ1n) is 30.9. The highest BCUT2D eigenvalue weighted by Crippen LogP contribution is 2.52. The van der Waals surface area contributed by atoms with Crippen molar-refractivity contribution in [1.29, 1.82) is 0 Å². The van der Waals surface area contributed by atoms with Crippen LogP contribution in [0.2, 0.25) is 0 Å². The fraction of sp³-hybridized carbons (Fsp3) is 0.314. The predicted molar refractivity (Wildman–Crippen MR) is 339 cm³/mol. The Bertz CT molecular complexity index is 4950. The number of rotatable bonds is 9. The number of imidazole rings is 3. The minimum absolute atomic E-state index is 0.0353. The number of nitrogens with zero attached hydrogens (tertiary/aromatic N) is 8. The Labute approximate surface area is 510 Å². The van der Waals surface area contributed by atoms with Gasteiger partial charge in [-0.2, -0.15) is 0 Å². The molecule has 0 radical (unpaired) electrons. The molecule has 5 aromatic carbocycles. The summed E-state index contributed by atoms with van der Waals surface area (Å²) >= 11 is 0. The van der Waals surface area contributed by atoms with Gasteiger partial charge in [-0.25, -0.2) is 24.7 Å². The molecule has 6 aliphatic rings. The van der Waals surface area contributed by atoms with Crippen molar-refractivity contribution in [2.75, 3.05) is 11.9 Å². The Morgan fingerprint density at radius 1 is 0.506 bits per heavy atom. The number of amides is 2. The van der Waals surface area contributed by atoms with Crippen molar-refractivity contribution in [2.24, 2.45) is 0 Å². The molecule has 89 heavy (non-hydrogen) atoms. The Morgan fingerprint density at radius 3 is 1.44 bits per heavy atom. The predicted octanol–water partition coefficient (Wildman–Crippen LogP) is 14.2. The number of aryl methyl sites for hydroxylation is 7. The first-order chi connectivity index (χ1) is 43.0. The molecule has 19 heteroatoms. The number of H-pyrrole nitrogens is 4. The molecular weight excluding hydrogens is 1120 g/mol. The quantitative estimate of drug-likeness (QED) is 0.0902. The van der Waals surface area contributed by atoms with Gasteiger partial charge in [-0.05, 0) is 194 Å². The van der Waals surface area contributed by atoms with E-state index in [9.17, 15) is 14.4 Å². The number of benzene rings is 5. The summed E-state index contributed by atoms with van der Waals surface area (Å²) in [6.07, 6.45) is 12.1. The van der Waals surface area contributed by atoms with Gasteiger partial charge < -0.3 is 43.7 Å². The molecule has 19 nitrogen and oxygen atoms in total. The van der Waals surface area contributed by atoms with Gasteiger partial charge in [0.1, 0.15) is 34.8 Å². The number of anilines is 1. The van der Waals surface area contributed by atoms with E-state index >= 15 is 0 Å². The van der Waals surface area contributed by atoms with E-state index in [2.05, 4.69) is 100 Å². The first-order valence-corrected chi connectivity index (χ1v) is 30.9. The van der Waals surface area contributed by atoms with Gasteiger partial charge in [-0.1, -0.05) is 39.7 Å². The third kappa shape index (κ3) is 9.38. The fourth-order valence-electron chi connectivity index (χ4n) is 13.7. The number of carbonyl (C=O) groups excluding carboxylic acids is 2. The largest absolute Gasteiger partial charge is 0.361 e. The summed E-state index contributed by atoms with van der Waals surface area (Å²) in [5, 5.41) is 15.6. The Kier molecular flexibility index (Phi) is 12.4. The molecule has 446 valence electrons. The molecule has 4 saturated carbocycles. The second-order valence-corrected chi connectivity index (χ2v) is 25.3. The smallest absolute Gasteiger partial charge is 0.345 e. The van der Waals surface area contributed by atoms with Gasteiger partial charge in [0.05, 0.1) is 55.7 Å². The van der Waals surface area contributed by atoms with Crippen molar-refractivity contribution in [3.8, 4) is 66.8 Å². The van der Waals surface area contributed by atoms with Gasteiger partial charge in [0.15, 0.2) is 0 Å². The fourth-order valence-corrected chi connectivity index (χ4v) is 13.7. The monoisotopic (exact) mass is 1180 g/mol. The number of aromatic nitrogens is 11. The van der Waals surface area contributed by atoms with Crippen LogP contribution in [0.4, 0.5) is 5.69 Å². The molecule has 5 N–H and O–H groups in total. The normalized spacial score (nSPS) is 16.4. The molecule has 4 fully saturated rings. The average Bonchev–Trinajstić information content (AvgIpc) is 1.67. The van der Waals surface area contributed by atoms with E-state index in [1.54, 1.807) is 11.1 Å². The summed E-state index contributed by atoms with van der Waals surface area (Å²) in [5.41, 5.74) is 25.1. The van der Waals surface area contributed by atoms with Gasteiger partial charge in [0.2, 0.25) is 5.91 Å². The van der Waals surface area contributed by atoms with Gasteiger partial charge in [-0.3, -0.25) is 9.59 Å². The summed E-state index contributed by atoms with van der Waals surface area (Å²) in [6.45, 7) is 13.6. The van der Waals surface area contributed by atoms with Crippen LogP contribution in [0, 0.1) is 48.5 Å². The third-order valence-corrected chi connectivity index (χ3v) is 18.9. The molecule has 0 bridgehead atoms. The summed E-state index contributed by atoms with van der Waals surface area (Å²) in [4.78, 5) is 70.5. The Balaban J connectivity index is 0.000000108. The maximum absolute atomic E-state index is 12.7. The molecule has 12 aromatic rings. The summed E-state index contributed by atoms with van der Waals surface area (Å²) in [6, 6.07) is 25.4. The van der Waals surface area contributed by atoms with E-state index in [-0.39, 0.29) is 23.0 Å². The standard InChI is InChI=1S/C25H22N4O2.C25H24N4O2.C20H19N5O2/c1-12-21(13(2)31-29-12)16-10-17(22-20(11-16)26-23(27-22)14-3-4-14)15-5-6-19-18(9-15)24(30)28-25(19)7-8-25;1-13-23(14(2)31-28-13)16-11-19(24-20(12-16)26-25(27-24)15-7-8-15)17-5-4-6-21-18(17)9-10-22(30)29(21)3;1-9-15(8-21-20(26)22-9)14-6-13(17-10(2)25-27-11(17)3)7-16-18(14)24-19(23-16)12-4-5-12/h5-6,9-11,14H,3-4,7-8H2,1-2H3,(H,26,27)(H,28,30);4-6,11-12,15H,7-10H2,1-3H3,(H,26,27);6-8,12H,4-5H2,1-3H3,(H,23,24)(H,21,22,26). The van der Waals surface area contributed by atoms with Crippen LogP contribution in [-0.2, 0) is 16.8 Å². The SMILES string of the molecule is Cc1noc(C)c1-c1cc(-c2ccc3c(c2)C(=O)NC32CC2)c2nc(C3CC3)[nH]c2c1.Cc1noc(C)c1-c1cc(-c2cccc3c2CCC(=O)N3C)c2nc(C3CC3)[nH]c2c1.Cc1noc(C)c1-c1cc(-c2cnc(=O)[nH]c2C)c2nc(C3CC3)[nH]c2c1. The van der Waals surface area contributed by atoms with Gasteiger partial charge >= 0.3 is 5.69 Å². The van der Waals surface area contributed by atoms with Crippen molar-refractivity contribution in [3.05, 3.63) is 164 Å². The van der Waals surface area contributed by atoms with E-state index in [4.69, 9.17) is 28.5 Å². The molecule has 18 rings (SSSR count). The second kappa shape index (κ2) is 20.3. The minimum Gasteiger partial charge on any atom is -0.361 e. The molecule has 0 unspecified atom stereocenters. The molecule has 4 aliphatic carbocycles. The molecular formula is C70H65N13O6. The van der Waals surface area contributed by atoms with Crippen molar-refractivity contribution < 1.29 is 23.2 Å². The van der Waals surface area contributed by atoms with Crippen molar-refractivity contribution in [3.63, 3.8) is 0 Å². The van der Waals surface area contributed by atoms with Crippen LogP contribution in [-0.4, -0.2) is 74.2 Å².